The Labute approximate surface area is 160 Å². The Kier molecular flexibility index (Phi) is 7.49. The number of Topliss-reactive ketones (excluding diaryl/α,β-unsaturated/α-hetero) is 1. The highest BCUT2D eigenvalue weighted by atomic mass is 35.5. The molecule has 5 heteroatoms. The summed E-state index contributed by atoms with van der Waals surface area (Å²) in [6.07, 6.45) is 0.888. The third-order valence-electron chi connectivity index (χ3n) is 3.97. The fourth-order valence-corrected chi connectivity index (χ4v) is 2.84. The topological polar surface area (TPSA) is 47.6 Å². The lowest BCUT2D eigenvalue weighted by molar-refractivity contribution is 0.101. The maximum Gasteiger partial charge on any atom is 0.160 e. The molecule has 0 aliphatic carbocycles. The molecule has 4 nitrogen and oxygen atoms in total. The number of carbonyl (C=O) groups excluding carboxylic acids is 1. The average Bonchev–Trinajstić information content (AvgIpc) is 2.61. The van der Waals surface area contributed by atoms with Crippen molar-refractivity contribution in [1.29, 1.82) is 0 Å². The van der Waals surface area contributed by atoms with Crippen molar-refractivity contribution in [2.75, 3.05) is 20.3 Å². The van der Waals surface area contributed by atoms with Gasteiger partial charge in [-0.2, -0.15) is 0 Å². The number of ketones is 1. The minimum Gasteiger partial charge on any atom is -0.497 e. The van der Waals surface area contributed by atoms with E-state index in [0.29, 0.717) is 34.7 Å². The number of halogens is 1. The molecule has 2 rings (SSSR count). The lowest BCUT2D eigenvalue weighted by Crippen LogP contribution is -2.24. The standard InChI is InChI=1S/C21H26ClNO3/c1-14(2)23-10-5-11-26-21-9-7-17(25-4)13-20(21)19-12-16(22)6-8-18(19)15(3)24/h6-9,12-14,23H,5,10-11H2,1-4H3. The first-order chi connectivity index (χ1) is 12.4. The van der Waals surface area contributed by atoms with Gasteiger partial charge in [0.1, 0.15) is 11.5 Å². The number of hydrogen-bond donors (Lipinski definition) is 1. The molecule has 0 aliphatic rings. The average molecular weight is 376 g/mol. The smallest absolute Gasteiger partial charge is 0.160 e. The molecule has 2 aromatic carbocycles. The maximum absolute atomic E-state index is 12.1. The summed E-state index contributed by atoms with van der Waals surface area (Å²) in [7, 11) is 1.61. The molecule has 0 radical (unpaired) electrons. The van der Waals surface area contributed by atoms with E-state index in [2.05, 4.69) is 19.2 Å². The number of methoxy groups -OCH3 is 1. The van der Waals surface area contributed by atoms with Gasteiger partial charge in [-0.1, -0.05) is 25.4 Å². The van der Waals surface area contributed by atoms with Crippen LogP contribution in [-0.2, 0) is 0 Å². The predicted octanol–water partition coefficient (Wildman–Crippen LogP) is 4.99. The molecule has 0 bridgehead atoms. The van der Waals surface area contributed by atoms with Gasteiger partial charge >= 0.3 is 0 Å². The second-order valence-corrected chi connectivity index (χ2v) is 6.86. The van der Waals surface area contributed by atoms with E-state index in [-0.39, 0.29) is 5.78 Å². The molecule has 0 saturated carbocycles. The van der Waals surface area contributed by atoms with E-state index in [0.717, 1.165) is 24.1 Å². The quantitative estimate of drug-likeness (QED) is 0.495. The van der Waals surface area contributed by atoms with Crippen LogP contribution in [0.4, 0.5) is 0 Å². The van der Waals surface area contributed by atoms with Crippen LogP contribution in [0.25, 0.3) is 11.1 Å². The molecule has 0 fully saturated rings. The first-order valence-corrected chi connectivity index (χ1v) is 9.15. The van der Waals surface area contributed by atoms with Crippen LogP contribution in [0.1, 0.15) is 37.6 Å². The van der Waals surface area contributed by atoms with Gasteiger partial charge in [0.25, 0.3) is 0 Å². The Morgan fingerprint density at radius 2 is 1.92 bits per heavy atom. The molecule has 26 heavy (non-hydrogen) atoms. The Morgan fingerprint density at radius 3 is 2.58 bits per heavy atom. The van der Waals surface area contributed by atoms with E-state index in [9.17, 15) is 4.79 Å². The van der Waals surface area contributed by atoms with Crippen molar-refractivity contribution < 1.29 is 14.3 Å². The van der Waals surface area contributed by atoms with Crippen molar-refractivity contribution in [2.24, 2.45) is 0 Å². The van der Waals surface area contributed by atoms with Crippen molar-refractivity contribution in [2.45, 2.75) is 33.2 Å². The van der Waals surface area contributed by atoms with Gasteiger partial charge in [0, 0.05) is 22.2 Å². The van der Waals surface area contributed by atoms with Crippen LogP contribution in [0.3, 0.4) is 0 Å². The summed E-state index contributed by atoms with van der Waals surface area (Å²) >= 11 is 6.18. The van der Waals surface area contributed by atoms with Gasteiger partial charge in [-0.15, -0.1) is 0 Å². The lowest BCUT2D eigenvalue weighted by Gasteiger charge is -2.16. The van der Waals surface area contributed by atoms with Crippen LogP contribution in [0, 0.1) is 0 Å². The minimum absolute atomic E-state index is 0.0217. The summed E-state index contributed by atoms with van der Waals surface area (Å²) in [6.45, 7) is 7.24. The molecular weight excluding hydrogens is 350 g/mol. The number of hydrogen-bond acceptors (Lipinski definition) is 4. The third-order valence-corrected chi connectivity index (χ3v) is 4.20. The first kappa shape index (κ1) is 20.3. The summed E-state index contributed by atoms with van der Waals surface area (Å²) in [5.41, 5.74) is 2.15. The van der Waals surface area contributed by atoms with E-state index in [1.807, 2.05) is 18.2 Å². The SMILES string of the molecule is COc1ccc(OCCCNC(C)C)c(-c2cc(Cl)ccc2C(C)=O)c1. The van der Waals surface area contributed by atoms with Gasteiger partial charge in [-0.3, -0.25) is 4.79 Å². The zero-order valence-corrected chi connectivity index (χ0v) is 16.5. The van der Waals surface area contributed by atoms with Gasteiger partial charge in [0.2, 0.25) is 0 Å². The van der Waals surface area contributed by atoms with Crippen molar-refractivity contribution >= 4 is 17.4 Å². The van der Waals surface area contributed by atoms with Gasteiger partial charge < -0.3 is 14.8 Å². The maximum atomic E-state index is 12.1. The molecule has 2 aromatic rings. The van der Waals surface area contributed by atoms with Crippen LogP contribution in [0.5, 0.6) is 11.5 Å². The van der Waals surface area contributed by atoms with Gasteiger partial charge in [-0.05, 0) is 61.9 Å². The molecule has 0 aliphatic heterocycles. The van der Waals surface area contributed by atoms with Gasteiger partial charge in [-0.25, -0.2) is 0 Å². The first-order valence-electron chi connectivity index (χ1n) is 8.77. The van der Waals surface area contributed by atoms with E-state index in [1.165, 1.54) is 0 Å². The molecule has 1 N–H and O–H groups in total. The monoisotopic (exact) mass is 375 g/mol. The fraction of sp³-hybridized carbons (Fsp3) is 0.381. The molecule has 0 aromatic heterocycles. The highest BCUT2D eigenvalue weighted by molar-refractivity contribution is 6.31. The molecule has 0 unspecified atom stereocenters. The molecule has 0 spiro atoms. The van der Waals surface area contributed by atoms with E-state index in [4.69, 9.17) is 21.1 Å². The predicted molar refractivity (Wildman–Crippen MR) is 107 cm³/mol. The Morgan fingerprint density at radius 1 is 1.15 bits per heavy atom. The Bertz CT molecular complexity index is 759. The molecular formula is C21H26ClNO3. The number of rotatable bonds is 9. The molecule has 140 valence electrons. The van der Waals surface area contributed by atoms with Crippen molar-refractivity contribution in [3.8, 4) is 22.6 Å². The largest absolute Gasteiger partial charge is 0.497 e. The molecule has 0 saturated heterocycles. The molecule has 0 atom stereocenters. The lowest BCUT2D eigenvalue weighted by atomic mass is 9.96. The molecule has 0 amide bonds. The normalized spacial score (nSPS) is 10.8. The Hall–Kier alpha value is -2.04. The number of carbonyl (C=O) groups is 1. The van der Waals surface area contributed by atoms with Gasteiger partial charge in [0.15, 0.2) is 5.78 Å². The summed E-state index contributed by atoms with van der Waals surface area (Å²) in [4.78, 5) is 12.1. The number of benzene rings is 2. The van der Waals surface area contributed by atoms with Crippen LogP contribution in [0.15, 0.2) is 36.4 Å². The van der Waals surface area contributed by atoms with Crippen LogP contribution in [0.2, 0.25) is 5.02 Å². The van der Waals surface area contributed by atoms with Crippen LogP contribution in [-0.4, -0.2) is 32.1 Å². The Balaban J connectivity index is 2.32. The van der Waals surface area contributed by atoms with Crippen molar-refractivity contribution in [3.63, 3.8) is 0 Å². The summed E-state index contributed by atoms with van der Waals surface area (Å²) < 4.78 is 11.3. The van der Waals surface area contributed by atoms with E-state index < -0.39 is 0 Å². The third kappa shape index (κ3) is 5.48. The highest BCUT2D eigenvalue weighted by Crippen LogP contribution is 2.37. The fourth-order valence-electron chi connectivity index (χ4n) is 2.66. The van der Waals surface area contributed by atoms with E-state index in [1.54, 1.807) is 32.2 Å². The zero-order valence-electron chi connectivity index (χ0n) is 15.8. The van der Waals surface area contributed by atoms with Gasteiger partial charge in [0.05, 0.1) is 13.7 Å². The van der Waals surface area contributed by atoms with Crippen molar-refractivity contribution in [3.05, 3.63) is 47.0 Å². The number of ether oxygens (including phenoxy) is 2. The van der Waals surface area contributed by atoms with Crippen molar-refractivity contribution in [1.82, 2.24) is 5.32 Å². The second kappa shape index (κ2) is 9.60. The zero-order chi connectivity index (χ0) is 19.1. The summed E-state index contributed by atoms with van der Waals surface area (Å²) in [5, 5.41) is 3.94. The van der Waals surface area contributed by atoms with Crippen LogP contribution < -0.4 is 14.8 Å². The second-order valence-electron chi connectivity index (χ2n) is 6.42. The molecule has 0 heterocycles. The summed E-state index contributed by atoms with van der Waals surface area (Å²) in [6, 6.07) is 11.3. The summed E-state index contributed by atoms with van der Waals surface area (Å²) in [5.74, 6) is 1.38. The van der Waals surface area contributed by atoms with Crippen LogP contribution >= 0.6 is 11.6 Å². The highest BCUT2D eigenvalue weighted by Gasteiger charge is 2.15. The number of nitrogens with one attached hydrogen (secondary N) is 1. The van der Waals surface area contributed by atoms with E-state index >= 15 is 0 Å². The minimum atomic E-state index is -0.0217.